The Kier molecular flexibility index (Phi) is 6.68. The molecule has 0 atom stereocenters. The molecule has 138 valence electrons. The van der Waals surface area contributed by atoms with Gasteiger partial charge in [0.1, 0.15) is 10.8 Å². The minimum absolute atomic E-state index is 0.125. The molecule has 0 saturated heterocycles. The average molecular weight is 400 g/mol. The fourth-order valence-electron chi connectivity index (χ4n) is 2.34. The third-order valence-electron chi connectivity index (χ3n) is 3.56. The zero-order valence-corrected chi connectivity index (χ0v) is 16.3. The van der Waals surface area contributed by atoms with Crippen LogP contribution in [0.1, 0.15) is 6.92 Å². The van der Waals surface area contributed by atoms with Crippen LogP contribution in [0.3, 0.4) is 0 Å². The van der Waals surface area contributed by atoms with E-state index >= 15 is 0 Å². The molecular weight excluding hydrogens is 382 g/mol. The molecule has 1 heterocycles. The lowest BCUT2D eigenvalue weighted by Crippen LogP contribution is -2.14. The van der Waals surface area contributed by atoms with Gasteiger partial charge in [0.05, 0.1) is 18.1 Å². The highest BCUT2D eigenvalue weighted by atomic mass is 35.5. The molecule has 1 N–H and O–H groups in total. The fourth-order valence-corrected chi connectivity index (χ4v) is 3.15. The van der Waals surface area contributed by atoms with Gasteiger partial charge in [0.2, 0.25) is 5.91 Å². The van der Waals surface area contributed by atoms with E-state index in [-0.39, 0.29) is 11.7 Å². The van der Waals surface area contributed by atoms with E-state index in [1.54, 1.807) is 24.3 Å². The molecule has 1 aromatic heterocycles. The number of nitrogens with zero attached hydrogens (tertiary/aromatic N) is 2. The third kappa shape index (κ3) is 5.70. The van der Waals surface area contributed by atoms with Crippen LogP contribution in [0, 0.1) is 0 Å². The maximum atomic E-state index is 12.0. The van der Waals surface area contributed by atoms with Gasteiger partial charge in [0.15, 0.2) is 0 Å². The van der Waals surface area contributed by atoms with Crippen molar-refractivity contribution in [2.75, 3.05) is 17.7 Å². The van der Waals surface area contributed by atoms with Crippen LogP contribution in [0.15, 0.2) is 65.7 Å². The van der Waals surface area contributed by atoms with Gasteiger partial charge in [0, 0.05) is 16.3 Å². The fraction of sp³-hybridized carbons (Fsp3) is 0.150. The topological polar surface area (TPSA) is 64.1 Å². The summed E-state index contributed by atoms with van der Waals surface area (Å²) in [6, 6.07) is 18.5. The Labute approximate surface area is 167 Å². The number of rotatable bonds is 7. The first-order chi connectivity index (χ1) is 13.1. The molecule has 27 heavy (non-hydrogen) atoms. The van der Waals surface area contributed by atoms with Crippen LogP contribution in [-0.2, 0) is 4.79 Å². The number of hydrogen-bond acceptors (Lipinski definition) is 5. The van der Waals surface area contributed by atoms with E-state index in [2.05, 4.69) is 15.5 Å². The molecule has 0 aliphatic rings. The van der Waals surface area contributed by atoms with E-state index in [0.717, 1.165) is 17.0 Å². The van der Waals surface area contributed by atoms with Gasteiger partial charge in [-0.2, -0.15) is 0 Å². The molecule has 2 aromatic carbocycles. The standard InChI is InChI=1S/C20H18ClN3O2S/c1-2-26-17-8-6-14(7-9-17)18-10-11-20(24-23-18)27-13-19(25)22-16-5-3-4-15(21)12-16/h3-12H,2,13H2,1H3,(H,22,25). The molecule has 5 nitrogen and oxygen atoms in total. The van der Waals surface area contributed by atoms with Gasteiger partial charge in [-0.1, -0.05) is 29.4 Å². The number of halogens is 1. The Morgan fingerprint density at radius 2 is 1.93 bits per heavy atom. The van der Waals surface area contributed by atoms with E-state index in [4.69, 9.17) is 16.3 Å². The molecule has 0 radical (unpaired) electrons. The van der Waals surface area contributed by atoms with Crippen LogP contribution in [0.25, 0.3) is 11.3 Å². The summed E-state index contributed by atoms with van der Waals surface area (Å²) in [5.41, 5.74) is 2.40. The Hall–Kier alpha value is -2.57. The van der Waals surface area contributed by atoms with E-state index in [0.29, 0.717) is 22.3 Å². The van der Waals surface area contributed by atoms with Crippen LogP contribution in [0.5, 0.6) is 5.75 Å². The highest BCUT2D eigenvalue weighted by Gasteiger charge is 2.07. The highest BCUT2D eigenvalue weighted by Crippen LogP contribution is 2.22. The van der Waals surface area contributed by atoms with Crippen molar-refractivity contribution in [1.82, 2.24) is 10.2 Å². The lowest BCUT2D eigenvalue weighted by Gasteiger charge is -2.06. The van der Waals surface area contributed by atoms with Gasteiger partial charge < -0.3 is 10.1 Å². The number of carbonyl (C=O) groups is 1. The first kappa shape index (κ1) is 19.2. The normalized spacial score (nSPS) is 10.4. The quantitative estimate of drug-likeness (QED) is 0.571. The first-order valence-corrected chi connectivity index (χ1v) is 9.75. The molecule has 0 bridgehead atoms. The van der Waals surface area contributed by atoms with Crippen LogP contribution < -0.4 is 10.1 Å². The number of benzene rings is 2. The summed E-state index contributed by atoms with van der Waals surface area (Å²) < 4.78 is 5.43. The van der Waals surface area contributed by atoms with Crippen molar-refractivity contribution in [1.29, 1.82) is 0 Å². The maximum Gasteiger partial charge on any atom is 0.234 e. The minimum atomic E-state index is -0.125. The summed E-state index contributed by atoms with van der Waals surface area (Å²) in [6.07, 6.45) is 0. The second kappa shape index (κ2) is 9.39. The number of ether oxygens (including phenoxy) is 1. The van der Waals surface area contributed by atoms with Gasteiger partial charge >= 0.3 is 0 Å². The number of nitrogens with one attached hydrogen (secondary N) is 1. The molecule has 0 aliphatic heterocycles. The average Bonchev–Trinajstić information content (AvgIpc) is 2.68. The number of aromatic nitrogens is 2. The van der Waals surface area contributed by atoms with Crippen LogP contribution in [0.2, 0.25) is 5.02 Å². The van der Waals surface area contributed by atoms with Gasteiger partial charge in [-0.15, -0.1) is 10.2 Å². The van der Waals surface area contributed by atoms with Crippen LogP contribution in [0.4, 0.5) is 5.69 Å². The predicted octanol–water partition coefficient (Wildman–Crippen LogP) is 4.93. The second-order valence-corrected chi connectivity index (χ2v) is 6.99. The van der Waals surface area contributed by atoms with E-state index < -0.39 is 0 Å². The zero-order valence-electron chi connectivity index (χ0n) is 14.7. The summed E-state index contributed by atoms with van der Waals surface area (Å²) in [7, 11) is 0. The van der Waals surface area contributed by atoms with Crippen LogP contribution in [-0.4, -0.2) is 28.5 Å². The van der Waals surface area contributed by atoms with Gasteiger partial charge in [-0.05, 0) is 61.5 Å². The van der Waals surface area contributed by atoms with Crippen molar-refractivity contribution in [3.05, 3.63) is 65.7 Å². The van der Waals surface area contributed by atoms with Crippen molar-refractivity contribution < 1.29 is 9.53 Å². The monoisotopic (exact) mass is 399 g/mol. The Morgan fingerprint density at radius 1 is 1.11 bits per heavy atom. The first-order valence-electron chi connectivity index (χ1n) is 8.39. The Morgan fingerprint density at radius 3 is 2.59 bits per heavy atom. The Balaban J connectivity index is 1.55. The minimum Gasteiger partial charge on any atom is -0.494 e. The van der Waals surface area contributed by atoms with Gasteiger partial charge in [0.25, 0.3) is 0 Å². The van der Waals surface area contributed by atoms with Crippen molar-refractivity contribution >= 4 is 35.0 Å². The molecule has 0 saturated carbocycles. The third-order valence-corrected chi connectivity index (χ3v) is 4.72. The Bertz CT molecular complexity index is 902. The smallest absolute Gasteiger partial charge is 0.234 e. The van der Waals surface area contributed by atoms with Crippen molar-refractivity contribution in [3.8, 4) is 17.0 Å². The van der Waals surface area contributed by atoms with E-state index in [1.165, 1.54) is 11.8 Å². The van der Waals surface area contributed by atoms with Crippen molar-refractivity contribution in [2.24, 2.45) is 0 Å². The molecule has 3 aromatic rings. The molecular formula is C20H18ClN3O2S. The zero-order chi connectivity index (χ0) is 19.1. The lowest BCUT2D eigenvalue weighted by atomic mass is 10.1. The van der Waals surface area contributed by atoms with E-state index in [9.17, 15) is 4.79 Å². The summed E-state index contributed by atoms with van der Waals surface area (Å²) in [4.78, 5) is 12.0. The second-order valence-electron chi connectivity index (χ2n) is 5.56. The summed E-state index contributed by atoms with van der Waals surface area (Å²) >= 11 is 7.24. The lowest BCUT2D eigenvalue weighted by molar-refractivity contribution is -0.113. The van der Waals surface area contributed by atoms with Gasteiger partial charge in [-0.3, -0.25) is 4.79 Å². The molecule has 7 heteroatoms. The number of amides is 1. The van der Waals surface area contributed by atoms with Crippen LogP contribution >= 0.6 is 23.4 Å². The maximum absolute atomic E-state index is 12.0. The molecule has 0 spiro atoms. The predicted molar refractivity (Wildman–Crippen MR) is 109 cm³/mol. The number of carbonyl (C=O) groups excluding carboxylic acids is 1. The molecule has 0 aliphatic carbocycles. The summed E-state index contributed by atoms with van der Waals surface area (Å²) in [5.74, 6) is 0.940. The molecule has 0 unspecified atom stereocenters. The van der Waals surface area contributed by atoms with Gasteiger partial charge in [-0.25, -0.2) is 0 Å². The number of anilines is 1. The number of thioether (sulfide) groups is 1. The highest BCUT2D eigenvalue weighted by molar-refractivity contribution is 7.99. The largest absolute Gasteiger partial charge is 0.494 e. The van der Waals surface area contributed by atoms with Crippen molar-refractivity contribution in [2.45, 2.75) is 11.9 Å². The SMILES string of the molecule is CCOc1ccc(-c2ccc(SCC(=O)Nc3cccc(Cl)c3)nn2)cc1. The van der Waals surface area contributed by atoms with E-state index in [1.807, 2.05) is 43.3 Å². The summed E-state index contributed by atoms with van der Waals surface area (Å²) in [5, 5.41) is 12.5. The molecule has 1 amide bonds. The summed E-state index contributed by atoms with van der Waals surface area (Å²) in [6.45, 7) is 2.58. The van der Waals surface area contributed by atoms with Crippen molar-refractivity contribution in [3.63, 3.8) is 0 Å². The number of hydrogen-bond donors (Lipinski definition) is 1. The molecule has 0 fully saturated rings. The molecule has 3 rings (SSSR count).